The van der Waals surface area contributed by atoms with E-state index in [1.807, 2.05) is 12.4 Å². The van der Waals surface area contributed by atoms with E-state index in [9.17, 15) is 0 Å². The van der Waals surface area contributed by atoms with E-state index in [0.29, 0.717) is 17.9 Å². The van der Waals surface area contributed by atoms with Crippen LogP contribution in [-0.2, 0) is 0 Å². The van der Waals surface area contributed by atoms with Crippen LogP contribution >= 0.6 is 0 Å². The minimum atomic E-state index is 0.446. The summed E-state index contributed by atoms with van der Waals surface area (Å²) < 4.78 is 0. The molecular weight excluding hydrogens is 200 g/mol. The lowest BCUT2D eigenvalue weighted by Crippen LogP contribution is -2.29. The molecule has 0 aromatic carbocycles. The number of anilines is 1. The van der Waals surface area contributed by atoms with Gasteiger partial charge in [-0.25, -0.2) is 9.97 Å². The fourth-order valence-electron chi connectivity index (χ4n) is 2.86. The van der Waals surface area contributed by atoms with Crippen molar-refractivity contribution in [1.29, 1.82) is 0 Å². The maximum atomic E-state index is 5.92. The first-order valence-electron chi connectivity index (χ1n) is 6.15. The summed E-state index contributed by atoms with van der Waals surface area (Å²) in [6.45, 7) is 2.10. The lowest BCUT2D eigenvalue weighted by Gasteiger charge is -2.18. The van der Waals surface area contributed by atoms with Crippen LogP contribution in [0.5, 0.6) is 0 Å². The van der Waals surface area contributed by atoms with Crippen molar-refractivity contribution in [1.82, 2.24) is 9.97 Å². The lowest BCUT2D eigenvalue weighted by molar-refractivity contribution is 0.724. The third kappa shape index (κ3) is 1.26. The van der Waals surface area contributed by atoms with Gasteiger partial charge in [0, 0.05) is 31.5 Å². The van der Waals surface area contributed by atoms with Crippen molar-refractivity contribution < 1.29 is 0 Å². The van der Waals surface area contributed by atoms with Gasteiger partial charge in [0.15, 0.2) is 0 Å². The van der Waals surface area contributed by atoms with Crippen LogP contribution in [0.15, 0.2) is 12.4 Å². The number of fused-ring (bicyclic) bond motifs is 1. The van der Waals surface area contributed by atoms with Crippen molar-refractivity contribution in [3.63, 3.8) is 0 Å². The highest BCUT2D eigenvalue weighted by molar-refractivity contribution is 5.37. The Labute approximate surface area is 94.9 Å². The van der Waals surface area contributed by atoms with E-state index < -0.39 is 0 Å². The summed E-state index contributed by atoms with van der Waals surface area (Å²) in [4.78, 5) is 11.2. The van der Waals surface area contributed by atoms with Crippen LogP contribution in [0.25, 0.3) is 0 Å². The number of piperidine rings is 1. The molecule has 84 valence electrons. The largest absolute Gasteiger partial charge is 0.340 e. The molecule has 2 saturated carbocycles. The van der Waals surface area contributed by atoms with Gasteiger partial charge in [-0.2, -0.15) is 0 Å². The highest BCUT2D eigenvalue weighted by Gasteiger charge is 2.54. The molecular formula is C12H16N4. The van der Waals surface area contributed by atoms with Crippen LogP contribution in [0.3, 0.4) is 0 Å². The molecule has 0 radical (unpaired) electrons. The van der Waals surface area contributed by atoms with Crippen LogP contribution in [0, 0.1) is 11.8 Å². The first-order valence-corrected chi connectivity index (χ1v) is 6.15. The van der Waals surface area contributed by atoms with E-state index in [-0.39, 0.29) is 0 Å². The summed E-state index contributed by atoms with van der Waals surface area (Å²) >= 11 is 0. The minimum Gasteiger partial charge on any atom is -0.340 e. The predicted molar refractivity (Wildman–Crippen MR) is 61.2 cm³/mol. The number of rotatable bonds is 2. The zero-order valence-electron chi connectivity index (χ0n) is 9.21. The van der Waals surface area contributed by atoms with E-state index >= 15 is 0 Å². The number of hydrogen-bond donors (Lipinski definition) is 1. The molecule has 1 aromatic rings. The predicted octanol–water partition coefficient (Wildman–Crippen LogP) is 0.747. The van der Waals surface area contributed by atoms with Crippen LogP contribution in [0.2, 0.25) is 0 Å². The molecule has 0 spiro atoms. The van der Waals surface area contributed by atoms with E-state index in [1.165, 1.54) is 18.4 Å². The number of hydrogen-bond acceptors (Lipinski definition) is 4. The monoisotopic (exact) mass is 216 g/mol. The standard InChI is InChI=1S/C12H16N4/c13-11-9-5-16(6-10(9)11)12-14-3-8(4-15-12)7-1-2-7/h3-4,7,9-11H,1-2,5-6,13H2/t9-,10+,11?. The van der Waals surface area contributed by atoms with E-state index in [1.54, 1.807) is 0 Å². The van der Waals surface area contributed by atoms with Crippen LogP contribution in [-0.4, -0.2) is 29.1 Å². The molecule has 2 N–H and O–H groups in total. The zero-order valence-corrected chi connectivity index (χ0v) is 9.21. The molecule has 0 bridgehead atoms. The summed E-state index contributed by atoms with van der Waals surface area (Å²) in [6.07, 6.45) is 6.63. The minimum absolute atomic E-state index is 0.446. The highest BCUT2D eigenvalue weighted by Crippen LogP contribution is 2.45. The Bertz CT molecular complexity index is 400. The van der Waals surface area contributed by atoms with Crippen LogP contribution < -0.4 is 10.6 Å². The summed E-state index contributed by atoms with van der Waals surface area (Å²) in [5.74, 6) is 3.04. The highest BCUT2D eigenvalue weighted by atomic mass is 15.3. The normalized spacial score (nSPS) is 36.3. The zero-order chi connectivity index (χ0) is 10.7. The maximum Gasteiger partial charge on any atom is 0.225 e. The summed E-state index contributed by atoms with van der Waals surface area (Å²) in [6, 6.07) is 0.446. The average Bonchev–Trinajstić information content (AvgIpc) is 3.20. The average molecular weight is 216 g/mol. The molecule has 4 rings (SSSR count). The van der Waals surface area contributed by atoms with Gasteiger partial charge >= 0.3 is 0 Å². The third-order valence-electron chi connectivity index (χ3n) is 4.25. The van der Waals surface area contributed by atoms with Crippen molar-refractivity contribution in [3.8, 4) is 0 Å². The number of nitrogens with two attached hydrogens (primary N) is 1. The molecule has 3 aliphatic rings. The number of nitrogens with zero attached hydrogens (tertiary/aromatic N) is 3. The van der Waals surface area contributed by atoms with Gasteiger partial charge in [0.1, 0.15) is 0 Å². The molecule has 4 nitrogen and oxygen atoms in total. The fraction of sp³-hybridized carbons (Fsp3) is 0.667. The van der Waals surface area contributed by atoms with Crippen molar-refractivity contribution >= 4 is 5.95 Å². The molecule has 1 aliphatic heterocycles. The molecule has 3 fully saturated rings. The molecule has 2 aliphatic carbocycles. The van der Waals surface area contributed by atoms with Gasteiger partial charge in [0.05, 0.1) is 0 Å². The first-order chi connectivity index (χ1) is 7.83. The molecule has 1 saturated heterocycles. The Kier molecular flexibility index (Phi) is 1.64. The molecule has 3 atom stereocenters. The molecule has 16 heavy (non-hydrogen) atoms. The third-order valence-corrected chi connectivity index (χ3v) is 4.25. The van der Waals surface area contributed by atoms with Gasteiger partial charge in [-0.05, 0) is 36.2 Å². The summed E-state index contributed by atoms with van der Waals surface area (Å²) in [5.41, 5.74) is 7.23. The molecule has 1 unspecified atom stereocenters. The molecule has 0 amide bonds. The van der Waals surface area contributed by atoms with Crippen LogP contribution in [0.1, 0.15) is 24.3 Å². The Morgan fingerprint density at radius 2 is 1.75 bits per heavy atom. The van der Waals surface area contributed by atoms with Crippen molar-refractivity contribution in [2.45, 2.75) is 24.8 Å². The first kappa shape index (κ1) is 8.93. The second-order valence-corrected chi connectivity index (χ2v) is 5.40. The summed E-state index contributed by atoms with van der Waals surface area (Å²) in [5, 5.41) is 0. The smallest absolute Gasteiger partial charge is 0.225 e. The van der Waals surface area contributed by atoms with Gasteiger partial charge in [-0.3, -0.25) is 0 Å². The van der Waals surface area contributed by atoms with Crippen molar-refractivity contribution in [3.05, 3.63) is 18.0 Å². The van der Waals surface area contributed by atoms with Gasteiger partial charge in [-0.15, -0.1) is 0 Å². The van der Waals surface area contributed by atoms with E-state index in [0.717, 1.165) is 25.0 Å². The molecule has 2 heterocycles. The van der Waals surface area contributed by atoms with Gasteiger partial charge < -0.3 is 10.6 Å². The fourth-order valence-corrected chi connectivity index (χ4v) is 2.86. The quantitative estimate of drug-likeness (QED) is 0.792. The second kappa shape index (κ2) is 2.94. The molecule has 4 heteroatoms. The van der Waals surface area contributed by atoms with Gasteiger partial charge in [0.25, 0.3) is 0 Å². The molecule has 1 aromatic heterocycles. The number of aromatic nitrogens is 2. The second-order valence-electron chi connectivity index (χ2n) is 5.40. The summed E-state index contributed by atoms with van der Waals surface area (Å²) in [7, 11) is 0. The topological polar surface area (TPSA) is 55.0 Å². The Morgan fingerprint density at radius 1 is 1.12 bits per heavy atom. The van der Waals surface area contributed by atoms with E-state index in [4.69, 9.17) is 5.73 Å². The van der Waals surface area contributed by atoms with Crippen molar-refractivity contribution in [2.24, 2.45) is 17.6 Å². The Morgan fingerprint density at radius 3 is 2.31 bits per heavy atom. The van der Waals surface area contributed by atoms with Crippen LogP contribution in [0.4, 0.5) is 5.95 Å². The van der Waals surface area contributed by atoms with Gasteiger partial charge in [0.2, 0.25) is 5.95 Å². The Hall–Kier alpha value is -1.16. The maximum absolute atomic E-state index is 5.92. The van der Waals surface area contributed by atoms with E-state index in [2.05, 4.69) is 14.9 Å². The lowest BCUT2D eigenvalue weighted by atomic mass is 10.2. The Balaban J connectivity index is 1.51. The van der Waals surface area contributed by atoms with Crippen molar-refractivity contribution in [2.75, 3.05) is 18.0 Å². The van der Waals surface area contributed by atoms with Gasteiger partial charge in [-0.1, -0.05) is 0 Å². The SMILES string of the molecule is NC1[C@H]2CN(c3ncc(C4CC4)cn3)C[C@@H]12.